The zero-order valence-corrected chi connectivity index (χ0v) is 7.79. The zero-order valence-electron chi connectivity index (χ0n) is 6.27. The van der Waals surface area contributed by atoms with E-state index >= 15 is 0 Å². The first-order valence-electron chi connectivity index (χ1n) is 3.25. The summed E-state index contributed by atoms with van der Waals surface area (Å²) >= 11 is 11.3. The van der Waals surface area contributed by atoms with Crippen molar-refractivity contribution in [1.82, 2.24) is 0 Å². The molecule has 0 atom stereocenters. The molecule has 4 heteroatoms. The second-order valence-corrected chi connectivity index (χ2v) is 2.95. The molecule has 0 aromatic heterocycles. The SMILES string of the molecule is O=CC#Cc1c(Cl)cc(F)cc1Cl. The van der Waals surface area contributed by atoms with Crippen molar-refractivity contribution in [3.05, 3.63) is 33.6 Å². The van der Waals surface area contributed by atoms with E-state index in [9.17, 15) is 9.18 Å². The first kappa shape index (κ1) is 10.0. The Kier molecular flexibility index (Phi) is 3.30. The highest BCUT2D eigenvalue weighted by molar-refractivity contribution is 6.36. The highest BCUT2D eigenvalue weighted by Crippen LogP contribution is 2.24. The molecule has 0 heterocycles. The monoisotopic (exact) mass is 216 g/mol. The lowest BCUT2D eigenvalue weighted by molar-refractivity contribution is -0.103. The van der Waals surface area contributed by atoms with E-state index in [2.05, 4.69) is 11.8 Å². The van der Waals surface area contributed by atoms with Crippen LogP contribution in [0.15, 0.2) is 12.1 Å². The summed E-state index contributed by atoms with van der Waals surface area (Å²) in [4.78, 5) is 9.93. The summed E-state index contributed by atoms with van der Waals surface area (Å²) in [6, 6.07) is 2.17. The van der Waals surface area contributed by atoms with Crippen LogP contribution in [0.3, 0.4) is 0 Å². The summed E-state index contributed by atoms with van der Waals surface area (Å²) < 4.78 is 12.6. The molecular weight excluding hydrogens is 214 g/mol. The number of rotatable bonds is 0. The van der Waals surface area contributed by atoms with Gasteiger partial charge in [-0.05, 0) is 18.1 Å². The van der Waals surface area contributed by atoms with E-state index in [-0.39, 0.29) is 15.6 Å². The predicted octanol–water partition coefficient (Wildman–Crippen LogP) is 2.68. The van der Waals surface area contributed by atoms with Crippen LogP contribution in [-0.4, -0.2) is 6.29 Å². The summed E-state index contributed by atoms with van der Waals surface area (Å²) in [5.41, 5.74) is 0.261. The third-order valence-electron chi connectivity index (χ3n) is 1.26. The molecule has 0 spiro atoms. The van der Waals surface area contributed by atoms with E-state index in [4.69, 9.17) is 23.2 Å². The molecule has 1 aromatic rings. The minimum Gasteiger partial charge on any atom is -0.289 e. The van der Waals surface area contributed by atoms with Crippen LogP contribution in [0.4, 0.5) is 4.39 Å². The minimum absolute atomic E-state index is 0.0966. The summed E-state index contributed by atoms with van der Waals surface area (Å²) in [5.74, 6) is 4.02. The van der Waals surface area contributed by atoms with Crippen LogP contribution in [0, 0.1) is 17.7 Å². The molecule has 0 fully saturated rings. The van der Waals surface area contributed by atoms with Crippen molar-refractivity contribution in [1.29, 1.82) is 0 Å². The molecule has 13 heavy (non-hydrogen) atoms. The molecule has 0 aliphatic carbocycles. The fraction of sp³-hybridized carbons (Fsp3) is 0. The average Bonchev–Trinajstić information content (AvgIpc) is 2.02. The van der Waals surface area contributed by atoms with Gasteiger partial charge in [-0.15, -0.1) is 0 Å². The summed E-state index contributed by atoms with van der Waals surface area (Å²) in [5, 5.41) is 0.193. The Morgan fingerprint density at radius 3 is 2.31 bits per heavy atom. The highest BCUT2D eigenvalue weighted by Gasteiger charge is 2.05. The van der Waals surface area contributed by atoms with Crippen LogP contribution in [-0.2, 0) is 4.79 Å². The van der Waals surface area contributed by atoms with Gasteiger partial charge in [0, 0.05) is 0 Å². The van der Waals surface area contributed by atoms with E-state index in [1.165, 1.54) is 0 Å². The number of aldehydes is 1. The average molecular weight is 217 g/mol. The van der Waals surface area contributed by atoms with Gasteiger partial charge in [0.2, 0.25) is 0 Å². The normalized spacial score (nSPS) is 8.85. The van der Waals surface area contributed by atoms with E-state index < -0.39 is 5.82 Å². The number of carbonyl (C=O) groups is 1. The lowest BCUT2D eigenvalue weighted by atomic mass is 10.2. The number of hydrogen-bond donors (Lipinski definition) is 0. The molecule has 0 saturated carbocycles. The van der Waals surface area contributed by atoms with Gasteiger partial charge < -0.3 is 0 Å². The first-order chi connectivity index (χ1) is 6.15. The molecule has 0 aliphatic rings. The fourth-order valence-electron chi connectivity index (χ4n) is 0.763. The maximum atomic E-state index is 12.6. The smallest absolute Gasteiger partial charge is 0.193 e. The summed E-state index contributed by atoms with van der Waals surface area (Å²) in [7, 11) is 0. The largest absolute Gasteiger partial charge is 0.289 e. The van der Waals surface area contributed by atoms with Crippen molar-refractivity contribution in [2.24, 2.45) is 0 Å². The molecule has 66 valence electrons. The molecule has 0 amide bonds. The number of carbonyl (C=O) groups excluding carboxylic acids is 1. The van der Waals surface area contributed by atoms with Crippen molar-refractivity contribution < 1.29 is 9.18 Å². The van der Waals surface area contributed by atoms with Gasteiger partial charge in [-0.2, -0.15) is 0 Å². The molecule has 0 N–H and O–H groups in total. The van der Waals surface area contributed by atoms with Crippen molar-refractivity contribution >= 4 is 29.5 Å². The Morgan fingerprint density at radius 1 is 1.31 bits per heavy atom. The quantitative estimate of drug-likeness (QED) is 0.482. The first-order valence-corrected chi connectivity index (χ1v) is 4.00. The van der Waals surface area contributed by atoms with E-state index in [0.29, 0.717) is 6.29 Å². The molecule has 1 rings (SSSR count). The topological polar surface area (TPSA) is 17.1 Å². The molecule has 0 bridgehead atoms. The van der Waals surface area contributed by atoms with E-state index in [1.54, 1.807) is 0 Å². The fourth-order valence-corrected chi connectivity index (χ4v) is 1.32. The van der Waals surface area contributed by atoms with Gasteiger partial charge in [-0.1, -0.05) is 29.1 Å². The van der Waals surface area contributed by atoms with Crippen molar-refractivity contribution in [2.75, 3.05) is 0 Å². The van der Waals surface area contributed by atoms with Crippen LogP contribution in [0.5, 0.6) is 0 Å². The predicted molar refractivity (Wildman–Crippen MR) is 49.4 cm³/mol. The van der Waals surface area contributed by atoms with Gasteiger partial charge in [0.05, 0.1) is 15.6 Å². The maximum Gasteiger partial charge on any atom is 0.193 e. The van der Waals surface area contributed by atoms with Crippen LogP contribution in [0.2, 0.25) is 10.0 Å². The van der Waals surface area contributed by atoms with Crippen LogP contribution in [0.25, 0.3) is 0 Å². The Morgan fingerprint density at radius 2 is 1.85 bits per heavy atom. The zero-order chi connectivity index (χ0) is 9.84. The van der Waals surface area contributed by atoms with Gasteiger partial charge in [-0.3, -0.25) is 4.79 Å². The number of hydrogen-bond acceptors (Lipinski definition) is 1. The van der Waals surface area contributed by atoms with Crippen LogP contribution < -0.4 is 0 Å². The molecule has 1 aromatic carbocycles. The van der Waals surface area contributed by atoms with Gasteiger partial charge in [0.1, 0.15) is 5.82 Å². The molecular formula is C9H3Cl2FO. The lowest BCUT2D eigenvalue weighted by Gasteiger charge is -1.98. The standard InChI is InChI=1S/C9H3Cl2FO/c10-8-4-6(12)5-9(11)7(8)2-1-3-13/h3-5H. The Hall–Kier alpha value is -1.04. The summed E-state index contributed by atoms with van der Waals surface area (Å²) in [6.07, 6.45) is 0.413. The molecule has 0 unspecified atom stereocenters. The van der Waals surface area contributed by atoms with Gasteiger partial charge in [-0.25, -0.2) is 4.39 Å². The third kappa shape index (κ3) is 2.45. The van der Waals surface area contributed by atoms with Crippen molar-refractivity contribution in [3.63, 3.8) is 0 Å². The number of benzene rings is 1. The minimum atomic E-state index is -0.536. The van der Waals surface area contributed by atoms with Crippen LogP contribution >= 0.6 is 23.2 Å². The Labute approximate surface area is 84.5 Å². The Balaban J connectivity index is 3.28. The van der Waals surface area contributed by atoms with Crippen molar-refractivity contribution in [2.45, 2.75) is 0 Å². The second-order valence-electron chi connectivity index (χ2n) is 2.13. The molecule has 0 saturated heterocycles. The maximum absolute atomic E-state index is 12.6. The van der Waals surface area contributed by atoms with Crippen molar-refractivity contribution in [3.8, 4) is 11.8 Å². The molecule has 0 aliphatic heterocycles. The molecule has 0 radical (unpaired) electrons. The van der Waals surface area contributed by atoms with Gasteiger partial charge in [0.15, 0.2) is 6.29 Å². The van der Waals surface area contributed by atoms with E-state index in [0.717, 1.165) is 12.1 Å². The Bertz CT molecular complexity index is 381. The van der Waals surface area contributed by atoms with Crippen LogP contribution in [0.1, 0.15) is 5.56 Å². The van der Waals surface area contributed by atoms with Gasteiger partial charge in [0.25, 0.3) is 0 Å². The number of halogens is 3. The molecule has 1 nitrogen and oxygen atoms in total. The van der Waals surface area contributed by atoms with E-state index in [1.807, 2.05) is 0 Å². The third-order valence-corrected chi connectivity index (χ3v) is 1.86. The highest BCUT2D eigenvalue weighted by atomic mass is 35.5. The van der Waals surface area contributed by atoms with Gasteiger partial charge >= 0.3 is 0 Å². The second kappa shape index (κ2) is 4.27. The summed E-state index contributed by atoms with van der Waals surface area (Å²) in [6.45, 7) is 0. The lowest BCUT2D eigenvalue weighted by Crippen LogP contribution is -1.83.